The van der Waals surface area contributed by atoms with E-state index in [4.69, 9.17) is 4.42 Å². The predicted molar refractivity (Wildman–Crippen MR) is 128 cm³/mol. The normalized spacial score (nSPS) is 22.0. The van der Waals surface area contributed by atoms with Gasteiger partial charge in [-0.1, -0.05) is 36.9 Å². The number of carbonyl (C=O) groups is 3. The van der Waals surface area contributed by atoms with Crippen LogP contribution in [0.2, 0.25) is 0 Å². The third kappa shape index (κ3) is 4.31. The number of amides is 4. The lowest BCUT2D eigenvalue weighted by molar-refractivity contribution is -0.139. The van der Waals surface area contributed by atoms with Crippen LogP contribution in [0.15, 0.2) is 52.2 Å². The summed E-state index contributed by atoms with van der Waals surface area (Å²) in [5.41, 5.74) is 3.19. The van der Waals surface area contributed by atoms with Gasteiger partial charge in [-0.15, -0.1) is 10.2 Å². The van der Waals surface area contributed by atoms with E-state index in [9.17, 15) is 14.4 Å². The molecule has 10 nitrogen and oxygen atoms in total. The van der Waals surface area contributed by atoms with E-state index >= 15 is 0 Å². The van der Waals surface area contributed by atoms with Crippen molar-refractivity contribution in [3.05, 3.63) is 48.4 Å². The zero-order valence-electron chi connectivity index (χ0n) is 19.5. The number of imide groups is 1. The molecule has 4 amide bonds. The fourth-order valence-corrected chi connectivity index (χ4v) is 5.31. The Hall–Kier alpha value is -3.60. The maximum atomic E-state index is 13.0. The van der Waals surface area contributed by atoms with Gasteiger partial charge in [0, 0.05) is 5.69 Å². The molecule has 0 unspecified atom stereocenters. The summed E-state index contributed by atoms with van der Waals surface area (Å²) in [5.74, 6) is 0.877. The highest BCUT2D eigenvalue weighted by Gasteiger charge is 2.52. The molecular weight excluding hydrogens is 468 g/mol. The fourth-order valence-electron chi connectivity index (χ4n) is 4.57. The van der Waals surface area contributed by atoms with Crippen molar-refractivity contribution in [1.29, 1.82) is 0 Å². The fraction of sp³-hybridized carbons (Fsp3) is 0.375. The summed E-state index contributed by atoms with van der Waals surface area (Å²) < 4.78 is 7.29. The van der Waals surface area contributed by atoms with Crippen LogP contribution in [0.1, 0.15) is 38.4 Å². The topological polar surface area (TPSA) is 122 Å². The lowest BCUT2D eigenvalue weighted by atomic mass is 9.77. The van der Waals surface area contributed by atoms with E-state index in [0.717, 1.165) is 40.9 Å². The number of furan rings is 1. The molecule has 2 fully saturated rings. The highest BCUT2D eigenvalue weighted by Crippen LogP contribution is 2.36. The van der Waals surface area contributed by atoms with Crippen molar-refractivity contribution >= 4 is 29.6 Å². The van der Waals surface area contributed by atoms with Gasteiger partial charge in [-0.05, 0) is 56.7 Å². The van der Waals surface area contributed by atoms with E-state index in [1.807, 2.05) is 47.9 Å². The number of carbonyl (C=O) groups excluding carboxylic acids is 3. The number of benzene rings is 1. The summed E-state index contributed by atoms with van der Waals surface area (Å²) in [6, 6.07) is 10.8. The van der Waals surface area contributed by atoms with Crippen LogP contribution in [0.3, 0.4) is 0 Å². The molecule has 3 heterocycles. The smallest absolute Gasteiger partial charge is 0.344 e. The monoisotopic (exact) mass is 494 g/mol. The van der Waals surface area contributed by atoms with E-state index in [1.165, 1.54) is 0 Å². The Morgan fingerprint density at radius 2 is 1.94 bits per heavy atom. The average molecular weight is 495 g/mol. The lowest BCUT2D eigenvalue weighted by Crippen LogP contribution is -2.51. The van der Waals surface area contributed by atoms with Crippen LogP contribution in [0.5, 0.6) is 0 Å². The second kappa shape index (κ2) is 9.21. The molecule has 5 rings (SSSR count). The van der Waals surface area contributed by atoms with Gasteiger partial charge in [0.15, 0.2) is 11.0 Å². The molecule has 11 heteroatoms. The Morgan fingerprint density at radius 3 is 2.63 bits per heavy atom. The number of thioether (sulfide) groups is 1. The summed E-state index contributed by atoms with van der Waals surface area (Å²) in [5, 5.41) is 12.8. The van der Waals surface area contributed by atoms with Crippen LogP contribution in [-0.4, -0.2) is 48.9 Å². The van der Waals surface area contributed by atoms with Gasteiger partial charge in [-0.3, -0.25) is 19.6 Å². The summed E-state index contributed by atoms with van der Waals surface area (Å²) in [6.07, 6.45) is 4.47. The zero-order chi connectivity index (χ0) is 24.6. The Labute approximate surface area is 206 Å². The van der Waals surface area contributed by atoms with E-state index < -0.39 is 23.4 Å². The van der Waals surface area contributed by atoms with Gasteiger partial charge in [-0.25, -0.2) is 4.79 Å². The largest absolute Gasteiger partial charge is 0.469 e. The Morgan fingerprint density at radius 1 is 1.20 bits per heavy atom. The standard InChI is InChI=1S/C24H26N6O4S/c1-15-8-11-24(12-9-15)21(32)30(22(33)25-24)28-19(31)14-35-23-27-26-20(18-10-13-34-16(18)2)29(23)17-6-4-3-5-7-17/h3-7,10,13,15H,8-9,11-12,14H2,1-2H3,(H,25,33)(H,28,31). The molecule has 2 aliphatic rings. The molecule has 2 aromatic heterocycles. The molecule has 1 aliphatic heterocycles. The van der Waals surface area contributed by atoms with E-state index in [-0.39, 0.29) is 5.75 Å². The molecular formula is C24H26N6O4S. The minimum Gasteiger partial charge on any atom is -0.469 e. The molecule has 3 aromatic rings. The molecule has 1 saturated carbocycles. The van der Waals surface area contributed by atoms with Gasteiger partial charge < -0.3 is 9.73 Å². The number of aryl methyl sites for hydroxylation is 1. The van der Waals surface area contributed by atoms with Crippen LogP contribution in [0, 0.1) is 12.8 Å². The first-order valence-corrected chi connectivity index (χ1v) is 12.5. The molecule has 0 atom stereocenters. The Kier molecular flexibility index (Phi) is 6.10. The van der Waals surface area contributed by atoms with Crippen LogP contribution in [0.25, 0.3) is 17.1 Å². The van der Waals surface area contributed by atoms with Gasteiger partial charge in [-0.2, -0.15) is 5.01 Å². The van der Waals surface area contributed by atoms with Gasteiger partial charge in [0.05, 0.1) is 17.6 Å². The Bertz CT molecular complexity index is 1260. The highest BCUT2D eigenvalue weighted by molar-refractivity contribution is 7.99. The number of hydrogen-bond donors (Lipinski definition) is 2. The number of aromatic nitrogens is 3. The van der Waals surface area contributed by atoms with Crippen LogP contribution < -0.4 is 10.7 Å². The number of hydrazine groups is 1. The first-order chi connectivity index (χ1) is 16.9. The number of nitrogens with zero attached hydrogens (tertiary/aromatic N) is 4. The van der Waals surface area contributed by atoms with Crippen molar-refractivity contribution in [1.82, 2.24) is 30.5 Å². The van der Waals surface area contributed by atoms with Crippen molar-refractivity contribution in [3.63, 3.8) is 0 Å². The minimum atomic E-state index is -0.908. The second-order valence-corrected chi connectivity index (χ2v) is 9.97. The SMILES string of the molecule is Cc1occc1-c1nnc(SCC(=O)NN2C(=O)NC3(CCC(C)CC3)C2=O)n1-c1ccccc1. The maximum Gasteiger partial charge on any atom is 0.344 e. The minimum absolute atomic E-state index is 0.0591. The average Bonchev–Trinajstić information content (AvgIpc) is 3.53. The molecule has 0 radical (unpaired) electrons. The number of nitrogens with one attached hydrogen (secondary N) is 2. The first kappa shape index (κ1) is 23.2. The van der Waals surface area contributed by atoms with Crippen molar-refractivity contribution in [3.8, 4) is 17.1 Å². The number of urea groups is 1. The van der Waals surface area contributed by atoms with E-state index in [2.05, 4.69) is 27.9 Å². The number of para-hydroxylation sites is 1. The zero-order valence-corrected chi connectivity index (χ0v) is 20.3. The first-order valence-electron chi connectivity index (χ1n) is 11.5. The lowest BCUT2D eigenvalue weighted by Gasteiger charge is -2.33. The van der Waals surface area contributed by atoms with Crippen molar-refractivity contribution < 1.29 is 18.8 Å². The molecule has 2 N–H and O–H groups in total. The quantitative estimate of drug-likeness (QED) is 0.397. The summed E-state index contributed by atoms with van der Waals surface area (Å²) >= 11 is 1.16. The van der Waals surface area contributed by atoms with Crippen LogP contribution in [0.4, 0.5) is 4.79 Å². The molecule has 1 aliphatic carbocycles. The number of hydrogen-bond acceptors (Lipinski definition) is 7. The number of rotatable bonds is 6. The predicted octanol–water partition coefficient (Wildman–Crippen LogP) is 3.46. The van der Waals surface area contributed by atoms with Crippen molar-refractivity contribution in [2.45, 2.75) is 50.2 Å². The van der Waals surface area contributed by atoms with Gasteiger partial charge >= 0.3 is 6.03 Å². The van der Waals surface area contributed by atoms with E-state index in [1.54, 1.807) is 6.26 Å². The highest BCUT2D eigenvalue weighted by atomic mass is 32.2. The van der Waals surface area contributed by atoms with Gasteiger partial charge in [0.25, 0.3) is 5.91 Å². The third-order valence-corrected chi connectivity index (χ3v) is 7.53. The maximum absolute atomic E-state index is 13.0. The molecule has 1 aromatic carbocycles. The summed E-state index contributed by atoms with van der Waals surface area (Å²) in [6.45, 7) is 3.98. The molecule has 182 valence electrons. The van der Waals surface area contributed by atoms with Crippen molar-refractivity contribution in [2.24, 2.45) is 5.92 Å². The summed E-state index contributed by atoms with van der Waals surface area (Å²) in [4.78, 5) is 38.2. The van der Waals surface area contributed by atoms with Crippen LogP contribution in [-0.2, 0) is 9.59 Å². The molecule has 1 saturated heterocycles. The molecule has 1 spiro atoms. The third-order valence-electron chi connectivity index (χ3n) is 6.61. The van der Waals surface area contributed by atoms with Gasteiger partial charge in [0.1, 0.15) is 11.3 Å². The van der Waals surface area contributed by atoms with E-state index in [0.29, 0.717) is 35.5 Å². The second-order valence-electron chi connectivity index (χ2n) is 9.03. The summed E-state index contributed by atoms with van der Waals surface area (Å²) in [7, 11) is 0. The van der Waals surface area contributed by atoms with Crippen molar-refractivity contribution in [2.75, 3.05) is 5.75 Å². The molecule has 0 bridgehead atoms. The Balaban J connectivity index is 1.31. The molecule has 35 heavy (non-hydrogen) atoms. The van der Waals surface area contributed by atoms with Gasteiger partial charge in [0.2, 0.25) is 5.91 Å². The van der Waals surface area contributed by atoms with Crippen LogP contribution >= 0.6 is 11.8 Å².